The molecule has 0 atom stereocenters. The fraction of sp³-hybridized carbons (Fsp3) is 0. The summed E-state index contributed by atoms with van der Waals surface area (Å²) >= 11 is 1.19. The Morgan fingerprint density at radius 1 is 1.46 bits per heavy atom. The number of para-hydroxylation sites is 1. The van der Waals surface area contributed by atoms with Gasteiger partial charge in [-0.05, 0) is 12.1 Å². The zero-order valence-corrected chi connectivity index (χ0v) is 9.84. The number of thiazole rings is 1. The number of carbonyl (C=O) groups is 1. The molecule has 5 heteroatoms. The van der Waals surface area contributed by atoms with Gasteiger partial charge in [-0.3, -0.25) is 0 Å². The molecule has 1 heterocycles. The molecule has 0 saturated carbocycles. The molecule has 1 aromatic carbocycles. The van der Waals surface area contributed by atoms with Crippen molar-refractivity contribution < 1.29 is 40.9 Å². The summed E-state index contributed by atoms with van der Waals surface area (Å²) in [6.07, 6.45) is 0. The molecular formula is C8H6NNaO2S. The largest absolute Gasteiger partial charge is 1.00 e. The van der Waals surface area contributed by atoms with Gasteiger partial charge in [0.2, 0.25) is 5.01 Å². The van der Waals surface area contributed by atoms with Crippen molar-refractivity contribution >= 4 is 27.5 Å². The number of rotatable bonds is 1. The van der Waals surface area contributed by atoms with Crippen LogP contribution in [0, 0.1) is 0 Å². The smallest absolute Gasteiger partial charge is 1.00 e. The van der Waals surface area contributed by atoms with Crippen molar-refractivity contribution in [3.63, 3.8) is 0 Å². The molecule has 0 fully saturated rings. The molecule has 0 unspecified atom stereocenters. The Kier molecular flexibility index (Phi) is 3.44. The van der Waals surface area contributed by atoms with Gasteiger partial charge in [0.1, 0.15) is 0 Å². The Labute approximate surface area is 102 Å². The van der Waals surface area contributed by atoms with Gasteiger partial charge in [0.25, 0.3) is 0 Å². The number of nitrogens with zero attached hydrogens (tertiary/aromatic N) is 1. The fourth-order valence-corrected chi connectivity index (χ4v) is 1.77. The third-order valence-electron chi connectivity index (χ3n) is 1.48. The van der Waals surface area contributed by atoms with Crippen LogP contribution in [0.25, 0.3) is 10.2 Å². The summed E-state index contributed by atoms with van der Waals surface area (Å²) in [7, 11) is 0. The van der Waals surface area contributed by atoms with Gasteiger partial charge < -0.3 is 6.53 Å². The summed E-state index contributed by atoms with van der Waals surface area (Å²) in [5.74, 6) is -0.962. The number of benzene rings is 1. The third-order valence-corrected chi connectivity index (χ3v) is 2.50. The van der Waals surface area contributed by atoms with Crippen molar-refractivity contribution in [2.45, 2.75) is 0 Å². The van der Waals surface area contributed by atoms with Crippen molar-refractivity contribution in [2.24, 2.45) is 0 Å². The third kappa shape index (κ3) is 2.08. The SMILES string of the molecule is O=C(O)c1nc2ccccc2s1.[H-].[Na+]. The molecule has 0 radical (unpaired) electrons. The average Bonchev–Trinajstić information content (AvgIpc) is 2.46. The maximum absolute atomic E-state index is 10.5. The Bertz CT molecular complexity index is 413. The molecule has 0 amide bonds. The van der Waals surface area contributed by atoms with Crippen molar-refractivity contribution in [3.8, 4) is 0 Å². The van der Waals surface area contributed by atoms with Crippen molar-refractivity contribution in [1.82, 2.24) is 4.98 Å². The second-order valence-corrected chi connectivity index (χ2v) is 3.32. The van der Waals surface area contributed by atoms with Gasteiger partial charge in [-0.1, -0.05) is 12.1 Å². The second kappa shape index (κ2) is 4.19. The molecule has 0 saturated heterocycles. The number of hydrogen-bond acceptors (Lipinski definition) is 3. The average molecular weight is 203 g/mol. The summed E-state index contributed by atoms with van der Waals surface area (Å²) in [5.41, 5.74) is 0.750. The standard InChI is InChI=1S/C8H5NO2S.Na.H/c10-8(11)7-9-5-3-1-2-4-6(5)12-7;;/h1-4H,(H,10,11);;/q;+1;-1. The molecule has 0 aliphatic rings. The first-order valence-electron chi connectivity index (χ1n) is 3.36. The predicted octanol–water partition coefficient (Wildman–Crippen LogP) is -0.889. The Morgan fingerprint density at radius 2 is 2.15 bits per heavy atom. The molecular weight excluding hydrogens is 197 g/mol. The van der Waals surface area contributed by atoms with Crippen LogP contribution in [0.3, 0.4) is 0 Å². The summed E-state index contributed by atoms with van der Waals surface area (Å²) < 4.78 is 0.912. The van der Waals surface area contributed by atoms with E-state index in [0.29, 0.717) is 0 Å². The van der Waals surface area contributed by atoms with E-state index in [2.05, 4.69) is 4.98 Å². The molecule has 3 nitrogen and oxygen atoms in total. The monoisotopic (exact) mass is 203 g/mol. The first kappa shape index (κ1) is 10.7. The fourth-order valence-electron chi connectivity index (χ4n) is 0.964. The summed E-state index contributed by atoms with van der Waals surface area (Å²) in [6, 6.07) is 7.37. The zero-order chi connectivity index (χ0) is 8.55. The van der Waals surface area contributed by atoms with Crippen LogP contribution in [-0.2, 0) is 0 Å². The molecule has 0 spiro atoms. The van der Waals surface area contributed by atoms with Crippen LogP contribution < -0.4 is 29.6 Å². The van der Waals surface area contributed by atoms with Gasteiger partial charge in [-0.25, -0.2) is 9.78 Å². The predicted molar refractivity (Wildman–Crippen MR) is 47.7 cm³/mol. The van der Waals surface area contributed by atoms with Crippen molar-refractivity contribution in [3.05, 3.63) is 29.3 Å². The second-order valence-electron chi connectivity index (χ2n) is 2.29. The number of fused-ring (bicyclic) bond motifs is 1. The summed E-state index contributed by atoms with van der Waals surface area (Å²) in [6.45, 7) is 0. The first-order chi connectivity index (χ1) is 5.77. The van der Waals surface area contributed by atoms with Gasteiger partial charge in [0.15, 0.2) is 0 Å². The Hall–Kier alpha value is -0.420. The normalized spacial score (nSPS) is 9.54. The molecule has 13 heavy (non-hydrogen) atoms. The molecule has 62 valence electrons. The molecule has 0 bridgehead atoms. The van der Waals surface area contributed by atoms with Crippen LogP contribution in [0.5, 0.6) is 0 Å². The quantitative estimate of drug-likeness (QED) is 0.612. The zero-order valence-electron chi connectivity index (χ0n) is 8.02. The van der Waals surface area contributed by atoms with Gasteiger partial charge in [-0.15, -0.1) is 11.3 Å². The van der Waals surface area contributed by atoms with Gasteiger partial charge in [0.05, 0.1) is 10.2 Å². The minimum atomic E-state index is -0.962. The van der Waals surface area contributed by atoms with E-state index >= 15 is 0 Å². The van der Waals surface area contributed by atoms with E-state index < -0.39 is 5.97 Å². The topological polar surface area (TPSA) is 50.2 Å². The molecule has 2 aromatic rings. The van der Waals surface area contributed by atoms with E-state index in [0.717, 1.165) is 10.2 Å². The van der Waals surface area contributed by atoms with Gasteiger partial charge in [0, 0.05) is 0 Å². The van der Waals surface area contributed by atoms with Gasteiger partial charge in [-0.2, -0.15) is 0 Å². The number of carboxylic acids is 1. The molecule has 1 aromatic heterocycles. The minimum absolute atomic E-state index is 0. The van der Waals surface area contributed by atoms with E-state index in [4.69, 9.17) is 5.11 Å². The van der Waals surface area contributed by atoms with E-state index in [-0.39, 0.29) is 36.0 Å². The maximum atomic E-state index is 10.5. The van der Waals surface area contributed by atoms with Crippen LogP contribution in [0.4, 0.5) is 0 Å². The van der Waals surface area contributed by atoms with Crippen LogP contribution >= 0.6 is 11.3 Å². The number of aromatic carboxylic acids is 1. The van der Waals surface area contributed by atoms with Gasteiger partial charge >= 0.3 is 35.5 Å². The minimum Gasteiger partial charge on any atom is -1.00 e. The molecule has 1 N–H and O–H groups in total. The summed E-state index contributed by atoms with van der Waals surface area (Å²) in [4.78, 5) is 14.4. The first-order valence-corrected chi connectivity index (χ1v) is 4.18. The van der Waals surface area contributed by atoms with Crippen LogP contribution in [0.2, 0.25) is 0 Å². The Morgan fingerprint density at radius 3 is 2.77 bits per heavy atom. The summed E-state index contributed by atoms with van der Waals surface area (Å²) in [5, 5.41) is 8.78. The number of carboxylic acid groups (broad SMARTS) is 1. The maximum Gasteiger partial charge on any atom is 1.00 e. The van der Waals surface area contributed by atoms with Crippen molar-refractivity contribution in [1.29, 1.82) is 0 Å². The molecule has 0 aliphatic carbocycles. The Balaban J connectivity index is 0.000000845. The van der Waals surface area contributed by atoms with Crippen molar-refractivity contribution in [2.75, 3.05) is 0 Å². The van der Waals surface area contributed by atoms with Crippen LogP contribution in [0.1, 0.15) is 11.2 Å². The molecule has 0 aliphatic heterocycles. The van der Waals surface area contributed by atoms with Crippen LogP contribution in [0.15, 0.2) is 24.3 Å². The molecule has 2 rings (SSSR count). The van der Waals surface area contributed by atoms with E-state index in [1.807, 2.05) is 18.2 Å². The van der Waals surface area contributed by atoms with E-state index in [1.165, 1.54) is 11.3 Å². The van der Waals surface area contributed by atoms with E-state index in [1.54, 1.807) is 6.07 Å². The number of aromatic nitrogens is 1. The number of hydrogen-bond donors (Lipinski definition) is 1. The van der Waals surface area contributed by atoms with Crippen LogP contribution in [-0.4, -0.2) is 16.1 Å². The van der Waals surface area contributed by atoms with E-state index in [9.17, 15) is 4.79 Å².